The van der Waals surface area contributed by atoms with E-state index >= 15 is 0 Å². The van der Waals surface area contributed by atoms with E-state index < -0.39 is 11.6 Å². The van der Waals surface area contributed by atoms with E-state index in [0.717, 1.165) is 12.3 Å². The van der Waals surface area contributed by atoms with E-state index in [9.17, 15) is 8.78 Å². The van der Waals surface area contributed by atoms with E-state index in [2.05, 4.69) is 10.1 Å². The van der Waals surface area contributed by atoms with Gasteiger partial charge in [-0.05, 0) is 6.07 Å². The molecule has 0 fully saturated rings. The summed E-state index contributed by atoms with van der Waals surface area (Å²) in [5.41, 5.74) is 0. The van der Waals surface area contributed by atoms with Crippen molar-refractivity contribution in [3.05, 3.63) is 42.4 Å². The number of hydrogen-bond acceptors (Lipinski definition) is 2. The Labute approximate surface area is 72.6 Å². The fraction of sp³-hybridized carbons (Fsp3) is 0. The van der Waals surface area contributed by atoms with E-state index in [4.69, 9.17) is 0 Å². The molecule has 0 N–H and O–H groups in total. The van der Waals surface area contributed by atoms with Gasteiger partial charge in [0.25, 0.3) is 0 Å². The first kappa shape index (κ1) is 7.85. The Kier molecular flexibility index (Phi) is 1.77. The summed E-state index contributed by atoms with van der Waals surface area (Å²) in [4.78, 5) is 3.57. The number of rotatable bonds is 1. The molecule has 13 heavy (non-hydrogen) atoms. The second-order valence-electron chi connectivity index (χ2n) is 2.41. The molecule has 0 aliphatic carbocycles. The molecule has 0 saturated heterocycles. The predicted octanol–water partition coefficient (Wildman–Crippen LogP) is 1.55. The van der Waals surface area contributed by atoms with Crippen molar-refractivity contribution in [1.29, 1.82) is 0 Å². The van der Waals surface area contributed by atoms with Gasteiger partial charge in [-0.1, -0.05) is 0 Å². The minimum Gasteiger partial charge on any atom is -0.231 e. The van der Waals surface area contributed by atoms with Gasteiger partial charge in [-0.15, -0.1) is 0 Å². The van der Waals surface area contributed by atoms with Crippen LogP contribution < -0.4 is 0 Å². The standard InChI is InChI=1S/C8H5F2N3/c9-6-4-7(10)8(11-5-6)13-3-1-2-12-13/h1-5H. The van der Waals surface area contributed by atoms with E-state index in [-0.39, 0.29) is 5.82 Å². The maximum atomic E-state index is 13.1. The van der Waals surface area contributed by atoms with Gasteiger partial charge >= 0.3 is 0 Å². The van der Waals surface area contributed by atoms with Crippen molar-refractivity contribution >= 4 is 0 Å². The molecule has 0 aromatic carbocycles. The zero-order valence-electron chi connectivity index (χ0n) is 6.48. The highest BCUT2D eigenvalue weighted by Gasteiger charge is 2.06. The van der Waals surface area contributed by atoms with Crippen LogP contribution in [-0.4, -0.2) is 14.8 Å². The summed E-state index contributed by atoms with van der Waals surface area (Å²) in [6.07, 6.45) is 3.97. The molecule has 3 nitrogen and oxygen atoms in total. The van der Waals surface area contributed by atoms with E-state index in [0.29, 0.717) is 0 Å². The third kappa shape index (κ3) is 1.40. The molecule has 0 spiro atoms. The molecule has 2 aromatic rings. The summed E-state index contributed by atoms with van der Waals surface area (Å²) in [6.45, 7) is 0. The van der Waals surface area contributed by atoms with Gasteiger partial charge < -0.3 is 0 Å². The van der Waals surface area contributed by atoms with Crippen LogP contribution >= 0.6 is 0 Å². The Morgan fingerprint density at radius 3 is 2.77 bits per heavy atom. The van der Waals surface area contributed by atoms with Crippen LogP contribution in [0.3, 0.4) is 0 Å². The second kappa shape index (κ2) is 2.93. The molecule has 0 aliphatic heterocycles. The average molecular weight is 181 g/mol. The lowest BCUT2D eigenvalue weighted by atomic mass is 10.4. The number of nitrogens with zero attached hydrogens (tertiary/aromatic N) is 3. The molecule has 2 heterocycles. The molecular weight excluding hydrogens is 176 g/mol. The number of hydrogen-bond donors (Lipinski definition) is 0. The van der Waals surface area contributed by atoms with Crippen LogP contribution in [0, 0.1) is 11.6 Å². The highest BCUT2D eigenvalue weighted by molar-refractivity contribution is 5.22. The van der Waals surface area contributed by atoms with Crippen LogP contribution in [-0.2, 0) is 0 Å². The molecule has 0 atom stereocenters. The van der Waals surface area contributed by atoms with Crippen molar-refractivity contribution in [3.63, 3.8) is 0 Å². The number of aromatic nitrogens is 3. The molecule has 2 rings (SSSR count). The van der Waals surface area contributed by atoms with Crippen molar-refractivity contribution in [2.45, 2.75) is 0 Å². The Hall–Kier alpha value is -1.78. The molecule has 0 unspecified atom stereocenters. The lowest BCUT2D eigenvalue weighted by molar-refractivity contribution is 0.560. The van der Waals surface area contributed by atoms with Gasteiger partial charge in [0.2, 0.25) is 0 Å². The quantitative estimate of drug-likeness (QED) is 0.668. The molecular formula is C8H5F2N3. The third-order valence-corrected chi connectivity index (χ3v) is 1.51. The maximum Gasteiger partial charge on any atom is 0.189 e. The molecule has 0 amide bonds. The highest BCUT2D eigenvalue weighted by atomic mass is 19.1. The summed E-state index contributed by atoms with van der Waals surface area (Å²) >= 11 is 0. The number of pyridine rings is 1. The lowest BCUT2D eigenvalue weighted by Gasteiger charge is -2.00. The van der Waals surface area contributed by atoms with Crippen LogP contribution in [0.5, 0.6) is 0 Å². The minimum atomic E-state index is -0.733. The van der Waals surface area contributed by atoms with Crippen molar-refractivity contribution in [1.82, 2.24) is 14.8 Å². The molecule has 0 saturated carbocycles. The first-order chi connectivity index (χ1) is 6.27. The SMILES string of the molecule is Fc1cnc(-n2cccn2)c(F)c1. The highest BCUT2D eigenvalue weighted by Crippen LogP contribution is 2.09. The Morgan fingerprint density at radius 2 is 2.15 bits per heavy atom. The van der Waals surface area contributed by atoms with Crippen LogP contribution in [0.25, 0.3) is 5.82 Å². The van der Waals surface area contributed by atoms with Gasteiger partial charge in [-0.25, -0.2) is 18.4 Å². The molecule has 0 aliphatic rings. The third-order valence-electron chi connectivity index (χ3n) is 1.51. The van der Waals surface area contributed by atoms with Crippen molar-refractivity contribution < 1.29 is 8.78 Å². The molecule has 0 bridgehead atoms. The maximum absolute atomic E-state index is 13.1. The normalized spacial score (nSPS) is 10.3. The molecule has 2 aromatic heterocycles. The lowest BCUT2D eigenvalue weighted by Crippen LogP contribution is -2.01. The van der Waals surface area contributed by atoms with Crippen molar-refractivity contribution in [2.75, 3.05) is 0 Å². The minimum absolute atomic E-state index is 0.00796. The fourth-order valence-electron chi connectivity index (χ4n) is 0.970. The van der Waals surface area contributed by atoms with Crippen molar-refractivity contribution in [2.24, 2.45) is 0 Å². The summed E-state index contributed by atoms with van der Waals surface area (Å²) in [5, 5.41) is 3.77. The van der Waals surface area contributed by atoms with E-state index in [1.807, 2.05) is 0 Å². The van der Waals surface area contributed by atoms with Gasteiger partial charge in [0.05, 0.1) is 6.20 Å². The van der Waals surface area contributed by atoms with Crippen molar-refractivity contribution in [3.8, 4) is 5.82 Å². The Morgan fingerprint density at radius 1 is 1.31 bits per heavy atom. The first-order valence-electron chi connectivity index (χ1n) is 3.58. The van der Waals surface area contributed by atoms with Gasteiger partial charge in [-0.3, -0.25) is 0 Å². The molecule has 5 heteroatoms. The van der Waals surface area contributed by atoms with Gasteiger partial charge in [0, 0.05) is 18.5 Å². The first-order valence-corrected chi connectivity index (χ1v) is 3.58. The van der Waals surface area contributed by atoms with Crippen LogP contribution in [0.15, 0.2) is 30.7 Å². The second-order valence-corrected chi connectivity index (χ2v) is 2.41. The summed E-state index contributed by atoms with van der Waals surface area (Å²) in [5.74, 6) is -1.44. The zero-order valence-corrected chi connectivity index (χ0v) is 6.48. The van der Waals surface area contributed by atoms with Crippen LogP contribution in [0.2, 0.25) is 0 Å². The van der Waals surface area contributed by atoms with Crippen LogP contribution in [0.1, 0.15) is 0 Å². The van der Waals surface area contributed by atoms with Crippen LogP contribution in [0.4, 0.5) is 8.78 Å². The van der Waals surface area contributed by atoms with Gasteiger partial charge in [0.15, 0.2) is 11.6 Å². The smallest absolute Gasteiger partial charge is 0.189 e. The van der Waals surface area contributed by atoms with Gasteiger partial charge in [-0.2, -0.15) is 5.10 Å². The largest absolute Gasteiger partial charge is 0.231 e. The summed E-state index contributed by atoms with van der Waals surface area (Å²) in [7, 11) is 0. The number of halogens is 2. The molecule has 0 radical (unpaired) electrons. The Balaban J connectivity index is 2.53. The van der Waals surface area contributed by atoms with Gasteiger partial charge in [0.1, 0.15) is 5.82 Å². The van der Waals surface area contributed by atoms with E-state index in [1.54, 1.807) is 6.07 Å². The van der Waals surface area contributed by atoms with E-state index in [1.165, 1.54) is 17.1 Å². The predicted molar refractivity (Wildman–Crippen MR) is 41.3 cm³/mol. The average Bonchev–Trinajstić information content (AvgIpc) is 2.56. The summed E-state index contributed by atoms with van der Waals surface area (Å²) < 4.78 is 26.7. The molecule has 66 valence electrons. The Bertz CT molecular complexity index is 411. The monoisotopic (exact) mass is 181 g/mol. The fourth-order valence-corrected chi connectivity index (χ4v) is 0.970. The topological polar surface area (TPSA) is 30.7 Å². The zero-order chi connectivity index (χ0) is 9.26. The summed E-state index contributed by atoms with van der Waals surface area (Å²) in [6, 6.07) is 2.40.